The van der Waals surface area contributed by atoms with Crippen LogP contribution in [0, 0.1) is 0 Å². The van der Waals surface area contributed by atoms with Gasteiger partial charge in [-0.05, 0) is 25.1 Å². The Balaban J connectivity index is 2.79. The summed E-state index contributed by atoms with van der Waals surface area (Å²) in [6.07, 6.45) is 0. The number of benzene rings is 1. The van der Waals surface area contributed by atoms with Crippen LogP contribution in [-0.2, 0) is 9.53 Å². The summed E-state index contributed by atoms with van der Waals surface area (Å²) in [5.74, 6) is -0.440. The first-order valence-corrected chi connectivity index (χ1v) is 7.37. The van der Waals surface area contributed by atoms with E-state index in [4.69, 9.17) is 27.9 Å². The Hall–Kier alpha value is -0.530. The first-order valence-electron chi connectivity index (χ1n) is 5.09. The summed E-state index contributed by atoms with van der Waals surface area (Å²) in [6, 6.07) is 4.96. The Morgan fingerprint density at radius 3 is 2.78 bits per heavy atom. The number of halogens is 3. The van der Waals surface area contributed by atoms with Crippen molar-refractivity contribution in [1.29, 1.82) is 0 Å². The summed E-state index contributed by atoms with van der Waals surface area (Å²) in [6.45, 7) is 2.06. The molecule has 98 valence electrons. The quantitative estimate of drug-likeness (QED) is 0.269. The van der Waals surface area contributed by atoms with Gasteiger partial charge in [0, 0.05) is 5.02 Å². The molecule has 0 aromatic heterocycles. The van der Waals surface area contributed by atoms with E-state index in [0.717, 1.165) is 0 Å². The normalized spacial score (nSPS) is 11.2. The van der Waals surface area contributed by atoms with E-state index in [1.165, 1.54) is 0 Å². The molecule has 0 fully saturated rings. The molecule has 1 aromatic carbocycles. The maximum absolute atomic E-state index is 11.5. The molecule has 0 atom stereocenters. The molecule has 1 rings (SSSR count). The maximum Gasteiger partial charge on any atom is 0.355 e. The van der Waals surface area contributed by atoms with Gasteiger partial charge >= 0.3 is 5.97 Å². The van der Waals surface area contributed by atoms with Crippen LogP contribution >= 0.6 is 45.8 Å². The van der Waals surface area contributed by atoms with Gasteiger partial charge in [-0.2, -0.15) is 5.10 Å². The minimum absolute atomic E-state index is 0.295. The Morgan fingerprint density at radius 1 is 1.50 bits per heavy atom. The van der Waals surface area contributed by atoms with Crippen molar-refractivity contribution in [3.63, 3.8) is 0 Å². The number of ether oxygens (including phenoxy) is 1. The molecule has 0 spiro atoms. The Labute approximate surface area is 129 Å². The molecule has 7 heteroatoms. The molecule has 0 saturated heterocycles. The molecular formula is C11H11Cl2IN2O2. The Bertz CT molecular complexity index is 466. The second-order valence-electron chi connectivity index (χ2n) is 3.15. The van der Waals surface area contributed by atoms with E-state index in [2.05, 4.69) is 10.5 Å². The van der Waals surface area contributed by atoms with Crippen LogP contribution in [0.15, 0.2) is 23.3 Å². The van der Waals surface area contributed by atoms with Crippen molar-refractivity contribution in [2.45, 2.75) is 6.92 Å². The summed E-state index contributed by atoms with van der Waals surface area (Å²) in [5.41, 5.74) is 3.59. The summed E-state index contributed by atoms with van der Waals surface area (Å²) >= 11 is 13.8. The van der Waals surface area contributed by atoms with Gasteiger partial charge in [-0.25, -0.2) is 4.79 Å². The third kappa shape index (κ3) is 4.62. The fourth-order valence-corrected chi connectivity index (χ4v) is 1.99. The second-order valence-corrected chi connectivity index (χ2v) is 4.75. The molecule has 4 nitrogen and oxygen atoms in total. The van der Waals surface area contributed by atoms with Crippen molar-refractivity contribution in [1.82, 2.24) is 0 Å². The van der Waals surface area contributed by atoms with E-state index in [1.807, 2.05) is 22.6 Å². The molecule has 0 amide bonds. The zero-order chi connectivity index (χ0) is 13.5. The predicted molar refractivity (Wildman–Crippen MR) is 83.0 cm³/mol. The van der Waals surface area contributed by atoms with Gasteiger partial charge in [0.05, 0.1) is 21.7 Å². The van der Waals surface area contributed by atoms with E-state index in [0.29, 0.717) is 32.5 Å². The zero-order valence-corrected chi connectivity index (χ0v) is 13.2. The van der Waals surface area contributed by atoms with E-state index in [9.17, 15) is 4.79 Å². The minimum Gasteiger partial charge on any atom is -0.461 e. The van der Waals surface area contributed by atoms with E-state index in [-0.39, 0.29) is 0 Å². The Kier molecular flexibility index (Phi) is 6.73. The fraction of sp³-hybridized carbons (Fsp3) is 0.273. The molecule has 0 aliphatic heterocycles. The van der Waals surface area contributed by atoms with Gasteiger partial charge in [-0.3, -0.25) is 5.43 Å². The van der Waals surface area contributed by atoms with Crippen molar-refractivity contribution in [3.05, 3.63) is 28.2 Å². The zero-order valence-electron chi connectivity index (χ0n) is 9.54. The number of carbonyl (C=O) groups excluding carboxylic acids is 1. The van der Waals surface area contributed by atoms with E-state index in [1.54, 1.807) is 25.1 Å². The number of hydrogen-bond donors (Lipinski definition) is 1. The molecule has 0 unspecified atom stereocenters. The van der Waals surface area contributed by atoms with Gasteiger partial charge in [-0.1, -0.05) is 45.8 Å². The van der Waals surface area contributed by atoms with Crippen LogP contribution in [-0.4, -0.2) is 22.7 Å². The number of hydrazone groups is 1. The first kappa shape index (κ1) is 15.5. The Morgan fingerprint density at radius 2 is 2.22 bits per heavy atom. The van der Waals surface area contributed by atoms with Crippen LogP contribution in [0.3, 0.4) is 0 Å². The van der Waals surface area contributed by atoms with Crippen molar-refractivity contribution in [3.8, 4) is 0 Å². The highest BCUT2D eigenvalue weighted by Crippen LogP contribution is 2.25. The number of anilines is 1. The lowest BCUT2D eigenvalue weighted by Crippen LogP contribution is -2.20. The third-order valence-electron chi connectivity index (χ3n) is 1.88. The summed E-state index contributed by atoms with van der Waals surface area (Å²) in [5, 5.41) is 4.95. The smallest absolute Gasteiger partial charge is 0.355 e. The maximum atomic E-state index is 11.5. The lowest BCUT2D eigenvalue weighted by atomic mass is 10.3. The molecule has 0 saturated carbocycles. The summed E-state index contributed by atoms with van der Waals surface area (Å²) < 4.78 is 5.30. The molecule has 0 aliphatic carbocycles. The average molecular weight is 401 g/mol. The average Bonchev–Trinajstić information content (AvgIpc) is 2.32. The van der Waals surface area contributed by atoms with Gasteiger partial charge in [0.2, 0.25) is 0 Å². The molecule has 0 bridgehead atoms. The number of rotatable bonds is 5. The van der Waals surface area contributed by atoms with Crippen molar-refractivity contribution in [2.24, 2.45) is 5.10 Å². The van der Waals surface area contributed by atoms with Crippen LogP contribution in [0.4, 0.5) is 5.69 Å². The fourth-order valence-electron chi connectivity index (χ4n) is 1.05. The first-order chi connectivity index (χ1) is 8.58. The monoisotopic (exact) mass is 400 g/mol. The van der Waals surface area contributed by atoms with E-state index >= 15 is 0 Å². The van der Waals surface area contributed by atoms with Gasteiger partial charge in [-0.15, -0.1) is 0 Å². The molecular weight excluding hydrogens is 390 g/mol. The largest absolute Gasteiger partial charge is 0.461 e. The van der Waals surface area contributed by atoms with Gasteiger partial charge in [0.15, 0.2) is 5.71 Å². The number of carbonyl (C=O) groups is 1. The molecule has 0 heterocycles. The van der Waals surface area contributed by atoms with Crippen LogP contribution in [0.2, 0.25) is 10.0 Å². The molecule has 1 N–H and O–H groups in total. The molecule has 0 aliphatic rings. The van der Waals surface area contributed by atoms with Crippen LogP contribution in [0.5, 0.6) is 0 Å². The minimum atomic E-state index is -0.440. The number of hydrogen-bond acceptors (Lipinski definition) is 4. The van der Waals surface area contributed by atoms with Crippen molar-refractivity contribution < 1.29 is 9.53 Å². The van der Waals surface area contributed by atoms with Gasteiger partial charge in [0.25, 0.3) is 0 Å². The molecule has 18 heavy (non-hydrogen) atoms. The highest BCUT2D eigenvalue weighted by Gasteiger charge is 2.11. The molecule has 1 aromatic rings. The number of nitrogens with zero attached hydrogens (tertiary/aromatic N) is 1. The second kappa shape index (κ2) is 7.81. The summed E-state index contributed by atoms with van der Waals surface area (Å²) in [4.78, 5) is 11.5. The topological polar surface area (TPSA) is 50.7 Å². The number of nitrogens with one attached hydrogen (secondary N) is 1. The highest BCUT2D eigenvalue weighted by molar-refractivity contribution is 14.1. The third-order valence-corrected chi connectivity index (χ3v) is 3.15. The van der Waals surface area contributed by atoms with Gasteiger partial charge < -0.3 is 4.74 Å². The van der Waals surface area contributed by atoms with Crippen LogP contribution in [0.25, 0.3) is 0 Å². The van der Waals surface area contributed by atoms with Crippen LogP contribution < -0.4 is 5.43 Å². The highest BCUT2D eigenvalue weighted by atomic mass is 127. The van der Waals surface area contributed by atoms with E-state index < -0.39 is 5.97 Å². The number of alkyl halides is 1. The summed E-state index contributed by atoms with van der Waals surface area (Å²) in [7, 11) is 0. The lowest BCUT2D eigenvalue weighted by molar-refractivity contribution is -0.135. The van der Waals surface area contributed by atoms with Crippen LogP contribution in [0.1, 0.15) is 6.92 Å². The number of esters is 1. The SMILES string of the molecule is CCOC(=O)/C(CI)=N/Nc1ccc(Cl)cc1Cl. The van der Waals surface area contributed by atoms with Crippen molar-refractivity contribution >= 4 is 63.2 Å². The molecule has 0 radical (unpaired) electrons. The standard InChI is InChI=1S/C11H11Cl2IN2O2/c1-2-18-11(17)10(6-14)16-15-9-4-3-7(12)5-8(9)13/h3-5,15H,2,6H2,1H3/b16-10+. The van der Waals surface area contributed by atoms with Crippen molar-refractivity contribution in [2.75, 3.05) is 16.5 Å². The lowest BCUT2D eigenvalue weighted by Gasteiger charge is -2.06. The predicted octanol–water partition coefficient (Wildman–Crippen LogP) is 3.76. The van der Waals surface area contributed by atoms with Gasteiger partial charge in [0.1, 0.15) is 0 Å².